The van der Waals surface area contributed by atoms with Crippen LogP contribution in [0.5, 0.6) is 0 Å². The van der Waals surface area contributed by atoms with Crippen LogP contribution in [0.15, 0.2) is 21.5 Å². The van der Waals surface area contributed by atoms with E-state index in [0.717, 1.165) is 16.4 Å². The van der Waals surface area contributed by atoms with Crippen molar-refractivity contribution < 1.29 is 22.7 Å². The van der Waals surface area contributed by atoms with Crippen molar-refractivity contribution >= 4 is 43.5 Å². The summed E-state index contributed by atoms with van der Waals surface area (Å²) in [6.07, 6.45) is -0.373. The first-order valence-corrected chi connectivity index (χ1v) is 7.60. The highest BCUT2D eigenvalue weighted by Gasteiger charge is 2.26. The average molecular weight is 375 g/mol. The van der Waals surface area contributed by atoms with Crippen LogP contribution in [0.1, 0.15) is 6.42 Å². The van der Waals surface area contributed by atoms with Crippen molar-refractivity contribution in [1.29, 1.82) is 0 Å². The maximum atomic E-state index is 13.7. The molecule has 106 valence electrons. The smallest absolute Gasteiger partial charge is 0.304 e. The van der Waals surface area contributed by atoms with Crippen LogP contribution in [0.2, 0.25) is 5.02 Å². The summed E-state index contributed by atoms with van der Waals surface area (Å²) in [7, 11) is -2.94. The highest BCUT2D eigenvalue weighted by atomic mass is 79.9. The number of hydrogen-bond acceptors (Lipinski definition) is 3. The van der Waals surface area contributed by atoms with E-state index in [1.165, 1.54) is 7.05 Å². The molecule has 0 fully saturated rings. The zero-order valence-corrected chi connectivity index (χ0v) is 12.9. The van der Waals surface area contributed by atoms with Crippen LogP contribution in [0.25, 0.3) is 0 Å². The second-order valence-electron chi connectivity index (χ2n) is 3.67. The molecule has 0 saturated heterocycles. The lowest BCUT2D eigenvalue weighted by Crippen LogP contribution is -2.29. The van der Waals surface area contributed by atoms with Gasteiger partial charge in [0.15, 0.2) is 0 Å². The Labute approximate surface area is 123 Å². The van der Waals surface area contributed by atoms with Crippen LogP contribution < -0.4 is 0 Å². The molecule has 1 rings (SSSR count). The molecular weight excluding hydrogens is 365 g/mol. The van der Waals surface area contributed by atoms with E-state index in [-0.39, 0.29) is 22.5 Å². The van der Waals surface area contributed by atoms with Gasteiger partial charge in [0.1, 0.15) is 10.7 Å². The molecule has 0 aliphatic rings. The van der Waals surface area contributed by atoms with Gasteiger partial charge in [-0.2, -0.15) is 0 Å². The molecule has 0 unspecified atom stereocenters. The van der Waals surface area contributed by atoms with Crippen LogP contribution in [0.3, 0.4) is 0 Å². The molecule has 0 atom stereocenters. The standard InChI is InChI=1S/C10H10BrClFNO4S/c1-14(3-2-10(15)16)19(17,18)9-5-7(12)6(11)4-8(9)13/h4-5H,2-3H2,1H3,(H,15,16). The van der Waals surface area contributed by atoms with E-state index in [4.69, 9.17) is 16.7 Å². The molecule has 0 radical (unpaired) electrons. The SMILES string of the molecule is CN(CCC(=O)O)S(=O)(=O)c1cc(Cl)c(Br)cc1F. The topological polar surface area (TPSA) is 74.7 Å². The fourth-order valence-electron chi connectivity index (χ4n) is 1.24. The van der Waals surface area contributed by atoms with Crippen LogP contribution >= 0.6 is 27.5 Å². The van der Waals surface area contributed by atoms with Crippen LogP contribution in [-0.2, 0) is 14.8 Å². The first-order chi connectivity index (χ1) is 8.66. The summed E-state index contributed by atoms with van der Waals surface area (Å²) < 4.78 is 38.8. The van der Waals surface area contributed by atoms with Crippen molar-refractivity contribution in [3.05, 3.63) is 27.4 Å². The zero-order valence-electron chi connectivity index (χ0n) is 9.73. The monoisotopic (exact) mass is 373 g/mol. The third-order valence-electron chi connectivity index (χ3n) is 2.30. The Bertz CT molecular complexity index is 608. The molecule has 5 nitrogen and oxygen atoms in total. The molecule has 0 heterocycles. The number of sulfonamides is 1. The van der Waals surface area contributed by atoms with E-state index in [9.17, 15) is 17.6 Å². The van der Waals surface area contributed by atoms with E-state index >= 15 is 0 Å². The van der Waals surface area contributed by atoms with Gasteiger partial charge in [0.25, 0.3) is 0 Å². The average Bonchev–Trinajstić information content (AvgIpc) is 2.30. The predicted octanol–water partition coefficient (Wildman–Crippen LogP) is 2.34. The number of carbonyl (C=O) groups is 1. The summed E-state index contributed by atoms with van der Waals surface area (Å²) in [6.45, 7) is -0.259. The van der Waals surface area contributed by atoms with Crippen molar-refractivity contribution in [2.45, 2.75) is 11.3 Å². The quantitative estimate of drug-likeness (QED) is 0.803. The summed E-state index contributed by atoms with van der Waals surface area (Å²) in [5.41, 5.74) is 0. The van der Waals surface area contributed by atoms with Crippen LogP contribution in [0.4, 0.5) is 4.39 Å². The molecule has 0 aliphatic heterocycles. The van der Waals surface area contributed by atoms with E-state index in [2.05, 4.69) is 15.9 Å². The van der Waals surface area contributed by atoms with Crippen molar-refractivity contribution in [3.63, 3.8) is 0 Å². The predicted molar refractivity (Wildman–Crippen MR) is 71.2 cm³/mol. The van der Waals surface area contributed by atoms with Crippen molar-refractivity contribution in [3.8, 4) is 0 Å². The number of carboxylic acid groups (broad SMARTS) is 1. The molecular formula is C10H10BrClFNO4S. The van der Waals surface area contributed by atoms with E-state index in [1.807, 2.05) is 0 Å². The minimum atomic E-state index is -4.11. The van der Waals surface area contributed by atoms with Gasteiger partial charge in [0, 0.05) is 18.1 Å². The number of carboxylic acids is 1. The zero-order chi connectivity index (χ0) is 14.8. The Morgan fingerprint density at radius 1 is 1.53 bits per heavy atom. The lowest BCUT2D eigenvalue weighted by molar-refractivity contribution is -0.137. The van der Waals surface area contributed by atoms with Gasteiger partial charge in [-0.1, -0.05) is 11.6 Å². The molecule has 0 amide bonds. The number of hydrogen-bond donors (Lipinski definition) is 1. The van der Waals surface area contributed by atoms with Gasteiger partial charge in [-0.25, -0.2) is 17.1 Å². The molecule has 0 spiro atoms. The van der Waals surface area contributed by atoms with Gasteiger partial charge in [-0.05, 0) is 28.1 Å². The number of nitrogens with zero attached hydrogens (tertiary/aromatic N) is 1. The molecule has 1 N–H and O–H groups in total. The van der Waals surface area contributed by atoms with Crippen molar-refractivity contribution in [2.24, 2.45) is 0 Å². The molecule has 0 aromatic heterocycles. The maximum absolute atomic E-state index is 13.7. The largest absolute Gasteiger partial charge is 0.481 e. The molecule has 9 heteroatoms. The lowest BCUT2D eigenvalue weighted by Gasteiger charge is -2.17. The Kier molecular flexibility index (Phi) is 5.31. The summed E-state index contributed by atoms with van der Waals surface area (Å²) in [5.74, 6) is -2.10. The third-order valence-corrected chi connectivity index (χ3v) is 5.37. The van der Waals surface area contributed by atoms with Gasteiger partial charge < -0.3 is 5.11 Å². The number of benzene rings is 1. The molecule has 0 saturated carbocycles. The highest BCUT2D eigenvalue weighted by Crippen LogP contribution is 2.29. The van der Waals surface area contributed by atoms with E-state index < -0.39 is 26.7 Å². The maximum Gasteiger partial charge on any atom is 0.304 e. The normalized spacial score (nSPS) is 11.8. The van der Waals surface area contributed by atoms with Gasteiger partial charge in [0.05, 0.1) is 11.4 Å². The highest BCUT2D eigenvalue weighted by molar-refractivity contribution is 9.10. The van der Waals surface area contributed by atoms with Gasteiger partial charge >= 0.3 is 5.97 Å². The first kappa shape index (κ1) is 16.4. The first-order valence-electron chi connectivity index (χ1n) is 4.99. The molecule has 1 aromatic rings. The lowest BCUT2D eigenvalue weighted by atomic mass is 10.3. The van der Waals surface area contributed by atoms with Crippen LogP contribution in [0, 0.1) is 5.82 Å². The molecule has 0 bridgehead atoms. The number of rotatable bonds is 5. The van der Waals surface area contributed by atoms with E-state index in [0.29, 0.717) is 0 Å². The Morgan fingerprint density at radius 3 is 2.63 bits per heavy atom. The molecule has 0 aliphatic carbocycles. The summed E-state index contributed by atoms with van der Waals surface area (Å²) in [6, 6.07) is 1.92. The molecule has 19 heavy (non-hydrogen) atoms. The minimum Gasteiger partial charge on any atom is -0.481 e. The third kappa shape index (κ3) is 3.88. The van der Waals surface area contributed by atoms with Gasteiger partial charge in [-0.15, -0.1) is 0 Å². The second kappa shape index (κ2) is 6.17. The summed E-state index contributed by atoms with van der Waals surface area (Å²) >= 11 is 8.71. The van der Waals surface area contributed by atoms with Crippen molar-refractivity contribution in [2.75, 3.05) is 13.6 Å². The van der Waals surface area contributed by atoms with E-state index in [1.54, 1.807) is 0 Å². The number of halogens is 3. The Balaban J connectivity index is 3.13. The Hall–Kier alpha value is -0.700. The van der Waals surface area contributed by atoms with Crippen molar-refractivity contribution in [1.82, 2.24) is 4.31 Å². The van der Waals surface area contributed by atoms with Gasteiger partial charge in [0.2, 0.25) is 10.0 Å². The van der Waals surface area contributed by atoms with Gasteiger partial charge in [-0.3, -0.25) is 4.79 Å². The summed E-state index contributed by atoms with van der Waals surface area (Å²) in [4.78, 5) is 9.82. The number of aliphatic carboxylic acids is 1. The second-order valence-corrected chi connectivity index (χ2v) is 6.94. The fourth-order valence-corrected chi connectivity index (χ4v) is 3.03. The molecule has 1 aromatic carbocycles. The minimum absolute atomic E-state index is 0.0478. The summed E-state index contributed by atoms with van der Waals surface area (Å²) in [5, 5.41) is 8.56. The fraction of sp³-hybridized carbons (Fsp3) is 0.300. The Morgan fingerprint density at radius 2 is 2.11 bits per heavy atom. The van der Waals surface area contributed by atoms with Crippen LogP contribution in [-0.4, -0.2) is 37.4 Å².